The zero-order valence-corrected chi connectivity index (χ0v) is 19.6. The number of nitrogens with zero attached hydrogens (tertiary/aromatic N) is 5. The average Bonchev–Trinajstić information content (AvgIpc) is 3.27. The fraction of sp³-hybridized carbons (Fsp3) is 0.708. The van der Waals surface area contributed by atoms with Gasteiger partial charge in [-0.15, -0.1) is 0 Å². The third kappa shape index (κ3) is 5.78. The molecule has 4 rings (SSSR count). The maximum atomic E-state index is 13.7. The summed E-state index contributed by atoms with van der Waals surface area (Å²) < 4.78 is 12.9. The first-order valence-corrected chi connectivity index (χ1v) is 12.2. The van der Waals surface area contributed by atoms with Gasteiger partial charge in [-0.3, -0.25) is 9.48 Å². The van der Waals surface area contributed by atoms with Crippen LogP contribution in [0.3, 0.4) is 0 Å². The van der Waals surface area contributed by atoms with E-state index < -0.39 is 0 Å². The maximum Gasteiger partial charge on any atom is 0.276 e. The monoisotopic (exact) mass is 443 g/mol. The van der Waals surface area contributed by atoms with Crippen LogP contribution in [0.1, 0.15) is 72.3 Å². The van der Waals surface area contributed by atoms with E-state index in [4.69, 9.17) is 9.26 Å². The molecule has 0 N–H and O–H groups in total. The Morgan fingerprint density at radius 2 is 1.91 bits per heavy atom. The van der Waals surface area contributed by atoms with Crippen LogP contribution in [-0.4, -0.2) is 76.1 Å². The summed E-state index contributed by atoms with van der Waals surface area (Å²) in [5, 5.41) is 8.57. The van der Waals surface area contributed by atoms with Gasteiger partial charge in [0.15, 0.2) is 5.69 Å². The molecule has 2 aromatic heterocycles. The van der Waals surface area contributed by atoms with Crippen molar-refractivity contribution in [1.82, 2.24) is 24.7 Å². The van der Waals surface area contributed by atoms with Gasteiger partial charge in [0.25, 0.3) is 5.91 Å². The Bertz CT molecular complexity index is 863. The van der Waals surface area contributed by atoms with E-state index in [1.165, 1.54) is 38.8 Å². The largest absolute Gasteiger partial charge is 0.381 e. The predicted octanol–water partition coefficient (Wildman–Crippen LogP) is 3.42. The summed E-state index contributed by atoms with van der Waals surface area (Å²) in [4.78, 5) is 18.3. The number of carbonyl (C=O) groups is 1. The van der Waals surface area contributed by atoms with Gasteiger partial charge in [-0.1, -0.05) is 18.0 Å². The van der Waals surface area contributed by atoms with Crippen LogP contribution in [0.5, 0.6) is 0 Å². The van der Waals surface area contributed by atoms with Crippen molar-refractivity contribution >= 4 is 5.91 Å². The summed E-state index contributed by atoms with van der Waals surface area (Å²) in [5.41, 5.74) is 2.34. The molecule has 8 heteroatoms. The minimum Gasteiger partial charge on any atom is -0.381 e. The van der Waals surface area contributed by atoms with Gasteiger partial charge in [0.1, 0.15) is 5.76 Å². The Morgan fingerprint density at radius 3 is 2.59 bits per heavy atom. The van der Waals surface area contributed by atoms with Crippen LogP contribution in [0.4, 0.5) is 0 Å². The summed E-state index contributed by atoms with van der Waals surface area (Å²) in [6.07, 6.45) is 11.8. The fourth-order valence-electron chi connectivity index (χ4n) is 4.87. The normalized spacial score (nSPS) is 18.6. The molecule has 2 aliphatic heterocycles. The molecule has 0 unspecified atom stereocenters. The molecule has 2 saturated heterocycles. The van der Waals surface area contributed by atoms with Gasteiger partial charge in [-0.25, -0.2) is 0 Å². The molecular formula is C24H37N5O3. The van der Waals surface area contributed by atoms with Crippen LogP contribution in [0, 0.1) is 13.8 Å². The fourth-order valence-corrected chi connectivity index (χ4v) is 4.87. The minimum atomic E-state index is -0.0245. The molecule has 0 bridgehead atoms. The highest BCUT2D eigenvalue weighted by Gasteiger charge is 2.31. The van der Waals surface area contributed by atoms with Crippen LogP contribution in [0.2, 0.25) is 0 Å². The van der Waals surface area contributed by atoms with Crippen molar-refractivity contribution in [1.29, 1.82) is 0 Å². The van der Waals surface area contributed by atoms with Gasteiger partial charge in [0, 0.05) is 37.6 Å². The highest BCUT2D eigenvalue weighted by atomic mass is 16.5. The highest BCUT2D eigenvalue weighted by molar-refractivity contribution is 5.94. The van der Waals surface area contributed by atoms with E-state index in [1.54, 1.807) is 0 Å². The van der Waals surface area contributed by atoms with Crippen molar-refractivity contribution in [3.63, 3.8) is 0 Å². The number of aryl methyl sites for hydroxylation is 2. The van der Waals surface area contributed by atoms with Crippen molar-refractivity contribution in [3.8, 4) is 0 Å². The number of rotatable bonds is 8. The molecule has 1 amide bonds. The lowest BCUT2D eigenvalue weighted by atomic mass is 10.0. The zero-order valence-electron chi connectivity index (χ0n) is 19.6. The van der Waals surface area contributed by atoms with Crippen molar-refractivity contribution in [2.45, 2.75) is 71.4 Å². The Balaban J connectivity index is 1.47. The summed E-state index contributed by atoms with van der Waals surface area (Å²) in [6.45, 7) is 9.93. The smallest absolute Gasteiger partial charge is 0.276 e. The van der Waals surface area contributed by atoms with E-state index in [1.807, 2.05) is 35.8 Å². The Morgan fingerprint density at radius 1 is 1.16 bits per heavy atom. The second kappa shape index (κ2) is 11.1. The number of aromatic nitrogens is 3. The molecule has 0 radical (unpaired) electrons. The standard InChI is InChI=1S/C24H37N5O3/c1-19-16-25-28(17-19)18-22-20(2)32-26-23(22)24(30)29(21-8-14-31-15-9-21)13-7-12-27-10-5-3-4-6-11-27/h16-17,21H,3-15,18H2,1-2H3. The van der Waals surface area contributed by atoms with E-state index in [0.29, 0.717) is 31.2 Å². The number of ether oxygens (including phenoxy) is 1. The van der Waals surface area contributed by atoms with E-state index >= 15 is 0 Å². The molecule has 2 aromatic rings. The van der Waals surface area contributed by atoms with Gasteiger partial charge < -0.3 is 19.1 Å². The van der Waals surface area contributed by atoms with Crippen molar-refractivity contribution in [2.24, 2.45) is 0 Å². The zero-order chi connectivity index (χ0) is 22.3. The molecule has 8 nitrogen and oxygen atoms in total. The minimum absolute atomic E-state index is 0.0245. The van der Waals surface area contributed by atoms with Crippen LogP contribution < -0.4 is 0 Å². The molecule has 0 aromatic carbocycles. The molecule has 32 heavy (non-hydrogen) atoms. The summed E-state index contributed by atoms with van der Waals surface area (Å²) in [7, 11) is 0. The van der Waals surface area contributed by atoms with Gasteiger partial charge in [-0.2, -0.15) is 5.10 Å². The Kier molecular flexibility index (Phi) is 7.97. The maximum absolute atomic E-state index is 13.7. The molecule has 0 aliphatic carbocycles. The van der Waals surface area contributed by atoms with Crippen LogP contribution >= 0.6 is 0 Å². The van der Waals surface area contributed by atoms with Gasteiger partial charge in [0.05, 0.1) is 12.7 Å². The molecular weight excluding hydrogens is 406 g/mol. The van der Waals surface area contributed by atoms with Crippen LogP contribution in [-0.2, 0) is 11.3 Å². The second-order valence-corrected chi connectivity index (χ2v) is 9.23. The second-order valence-electron chi connectivity index (χ2n) is 9.23. The van der Waals surface area contributed by atoms with E-state index in [-0.39, 0.29) is 11.9 Å². The molecule has 4 heterocycles. The lowest BCUT2D eigenvalue weighted by molar-refractivity contribution is 0.0274. The quantitative estimate of drug-likeness (QED) is 0.622. The van der Waals surface area contributed by atoms with Gasteiger partial charge in [0.2, 0.25) is 0 Å². The van der Waals surface area contributed by atoms with Crippen molar-refractivity contribution in [3.05, 3.63) is 35.0 Å². The van der Waals surface area contributed by atoms with Crippen molar-refractivity contribution < 1.29 is 14.1 Å². The first kappa shape index (κ1) is 23.0. The van der Waals surface area contributed by atoms with Crippen LogP contribution in [0.15, 0.2) is 16.9 Å². The highest BCUT2D eigenvalue weighted by Crippen LogP contribution is 2.22. The predicted molar refractivity (Wildman–Crippen MR) is 122 cm³/mol. The molecule has 0 spiro atoms. The Hall–Kier alpha value is -2.19. The lowest BCUT2D eigenvalue weighted by Gasteiger charge is -2.34. The molecule has 2 fully saturated rings. The molecule has 0 saturated carbocycles. The summed E-state index contributed by atoms with van der Waals surface area (Å²) in [5.74, 6) is 0.654. The third-order valence-electron chi connectivity index (χ3n) is 6.73. The molecule has 2 aliphatic rings. The molecule has 176 valence electrons. The van der Waals surface area contributed by atoms with Crippen molar-refractivity contribution in [2.75, 3.05) is 39.4 Å². The molecule has 0 atom stereocenters. The summed E-state index contributed by atoms with van der Waals surface area (Å²) >= 11 is 0. The Labute approximate surface area is 190 Å². The number of amides is 1. The van der Waals surface area contributed by atoms with Gasteiger partial charge in [-0.05, 0) is 71.1 Å². The van der Waals surface area contributed by atoms with E-state index in [2.05, 4.69) is 15.2 Å². The first-order chi connectivity index (χ1) is 15.6. The first-order valence-electron chi connectivity index (χ1n) is 12.2. The van der Waals surface area contributed by atoms with E-state index in [9.17, 15) is 4.79 Å². The number of hydrogen-bond acceptors (Lipinski definition) is 6. The van der Waals surface area contributed by atoms with Gasteiger partial charge >= 0.3 is 0 Å². The van der Waals surface area contributed by atoms with Crippen LogP contribution in [0.25, 0.3) is 0 Å². The SMILES string of the molecule is Cc1cnn(Cc2c(C(=O)N(CCCN3CCCCCC3)C3CCOCC3)noc2C)c1. The summed E-state index contributed by atoms with van der Waals surface area (Å²) in [6, 6.07) is 0.192. The number of hydrogen-bond donors (Lipinski definition) is 0. The average molecular weight is 444 g/mol. The third-order valence-corrected chi connectivity index (χ3v) is 6.73. The topological polar surface area (TPSA) is 76.6 Å². The number of likely N-dealkylation sites (tertiary alicyclic amines) is 1. The number of carbonyl (C=O) groups excluding carboxylic acids is 1. The lowest BCUT2D eigenvalue weighted by Crippen LogP contribution is -2.45. The van der Waals surface area contributed by atoms with E-state index in [0.717, 1.165) is 43.5 Å².